The van der Waals surface area contributed by atoms with E-state index in [0.717, 1.165) is 25.9 Å². The zero-order valence-corrected chi connectivity index (χ0v) is 11.7. The molecule has 20 heavy (non-hydrogen) atoms. The third kappa shape index (κ3) is 2.83. The predicted octanol–water partition coefficient (Wildman–Crippen LogP) is 2.92. The first-order chi connectivity index (χ1) is 9.74. The van der Waals surface area contributed by atoms with Crippen molar-refractivity contribution >= 4 is 11.6 Å². The maximum absolute atomic E-state index is 13.7. The van der Waals surface area contributed by atoms with Crippen molar-refractivity contribution < 1.29 is 8.91 Å². The van der Waals surface area contributed by atoms with Gasteiger partial charge in [-0.25, -0.2) is 4.39 Å². The van der Waals surface area contributed by atoms with Crippen molar-refractivity contribution in [2.24, 2.45) is 0 Å². The van der Waals surface area contributed by atoms with E-state index in [1.807, 2.05) is 0 Å². The quantitative estimate of drug-likeness (QED) is 0.946. The molecule has 2 aromatic rings. The van der Waals surface area contributed by atoms with Crippen molar-refractivity contribution in [3.63, 3.8) is 0 Å². The molecular weight excluding hydrogens is 281 g/mol. The van der Waals surface area contributed by atoms with Gasteiger partial charge in [-0.2, -0.15) is 4.98 Å². The van der Waals surface area contributed by atoms with Crippen LogP contribution in [0.5, 0.6) is 0 Å². The molecule has 1 aliphatic rings. The molecule has 0 spiro atoms. The lowest BCUT2D eigenvalue weighted by Crippen LogP contribution is -2.26. The van der Waals surface area contributed by atoms with Gasteiger partial charge in [0, 0.05) is 22.9 Å². The Bertz CT molecular complexity index is 576. The Morgan fingerprint density at radius 2 is 2.15 bits per heavy atom. The minimum Gasteiger partial charge on any atom is -0.339 e. The van der Waals surface area contributed by atoms with Crippen LogP contribution in [-0.2, 0) is 6.42 Å². The largest absolute Gasteiger partial charge is 0.339 e. The zero-order chi connectivity index (χ0) is 13.9. The summed E-state index contributed by atoms with van der Waals surface area (Å²) in [7, 11) is 0. The second-order valence-electron chi connectivity index (χ2n) is 4.95. The van der Waals surface area contributed by atoms with Crippen LogP contribution in [0.2, 0.25) is 5.02 Å². The predicted molar refractivity (Wildman–Crippen MR) is 73.4 cm³/mol. The molecule has 1 aromatic heterocycles. The van der Waals surface area contributed by atoms with Crippen LogP contribution in [-0.4, -0.2) is 23.2 Å². The third-order valence-electron chi connectivity index (χ3n) is 3.57. The SMILES string of the molecule is Fc1cccc(Cl)c1Cc1noc(C2CCNCC2)n1. The van der Waals surface area contributed by atoms with Gasteiger partial charge in [-0.15, -0.1) is 0 Å². The molecule has 0 amide bonds. The number of nitrogens with zero attached hydrogens (tertiary/aromatic N) is 2. The van der Waals surface area contributed by atoms with Crippen molar-refractivity contribution in [2.45, 2.75) is 25.2 Å². The second-order valence-corrected chi connectivity index (χ2v) is 5.36. The highest BCUT2D eigenvalue weighted by Crippen LogP contribution is 2.25. The van der Waals surface area contributed by atoms with Gasteiger partial charge in [0.25, 0.3) is 0 Å². The number of hydrogen-bond acceptors (Lipinski definition) is 4. The molecule has 0 bridgehead atoms. The summed E-state index contributed by atoms with van der Waals surface area (Å²) in [5.74, 6) is 1.08. The van der Waals surface area contributed by atoms with E-state index in [4.69, 9.17) is 16.1 Å². The molecule has 0 atom stereocenters. The minimum absolute atomic E-state index is 0.250. The van der Waals surface area contributed by atoms with Gasteiger partial charge in [0.05, 0.1) is 0 Å². The summed E-state index contributed by atoms with van der Waals surface area (Å²) in [4.78, 5) is 4.38. The topological polar surface area (TPSA) is 51.0 Å². The van der Waals surface area contributed by atoms with Crippen LogP contribution < -0.4 is 5.32 Å². The summed E-state index contributed by atoms with van der Waals surface area (Å²) in [5.41, 5.74) is 0.409. The summed E-state index contributed by atoms with van der Waals surface area (Å²) in [6.45, 7) is 1.92. The molecule has 1 saturated heterocycles. The van der Waals surface area contributed by atoms with Crippen molar-refractivity contribution in [1.29, 1.82) is 0 Å². The molecule has 4 nitrogen and oxygen atoms in total. The van der Waals surface area contributed by atoms with E-state index >= 15 is 0 Å². The zero-order valence-electron chi connectivity index (χ0n) is 10.9. The number of nitrogens with one attached hydrogen (secondary N) is 1. The van der Waals surface area contributed by atoms with Crippen LogP contribution >= 0.6 is 11.6 Å². The highest BCUT2D eigenvalue weighted by molar-refractivity contribution is 6.31. The summed E-state index contributed by atoms with van der Waals surface area (Å²) in [5, 5.41) is 7.61. The molecule has 1 aromatic carbocycles. The fourth-order valence-corrected chi connectivity index (χ4v) is 2.66. The monoisotopic (exact) mass is 295 g/mol. The molecule has 3 rings (SSSR count). The van der Waals surface area contributed by atoms with Crippen molar-refractivity contribution in [2.75, 3.05) is 13.1 Å². The summed E-state index contributed by atoms with van der Waals surface area (Å²) in [6, 6.07) is 4.63. The summed E-state index contributed by atoms with van der Waals surface area (Å²) in [6.07, 6.45) is 2.23. The Morgan fingerprint density at radius 1 is 1.35 bits per heavy atom. The molecule has 0 radical (unpaired) electrons. The first-order valence-electron chi connectivity index (χ1n) is 6.70. The Kier molecular flexibility index (Phi) is 3.98. The van der Waals surface area contributed by atoms with E-state index in [9.17, 15) is 4.39 Å². The van der Waals surface area contributed by atoms with Gasteiger partial charge in [-0.1, -0.05) is 22.8 Å². The normalized spacial score (nSPS) is 16.5. The van der Waals surface area contributed by atoms with Crippen molar-refractivity contribution in [3.8, 4) is 0 Å². The highest BCUT2D eigenvalue weighted by Gasteiger charge is 2.22. The summed E-state index contributed by atoms with van der Waals surface area (Å²) >= 11 is 6.00. The van der Waals surface area contributed by atoms with Gasteiger partial charge in [0.15, 0.2) is 5.82 Å². The number of piperidine rings is 1. The second kappa shape index (κ2) is 5.89. The lowest BCUT2D eigenvalue weighted by Gasteiger charge is -2.18. The van der Waals surface area contributed by atoms with Gasteiger partial charge in [0.2, 0.25) is 5.89 Å². The van der Waals surface area contributed by atoms with Gasteiger partial charge in [-0.3, -0.25) is 0 Å². The number of aromatic nitrogens is 2. The van der Waals surface area contributed by atoms with E-state index in [1.165, 1.54) is 6.07 Å². The van der Waals surface area contributed by atoms with Gasteiger partial charge in [0.1, 0.15) is 5.82 Å². The first-order valence-corrected chi connectivity index (χ1v) is 7.08. The van der Waals surface area contributed by atoms with Gasteiger partial charge < -0.3 is 9.84 Å². The Morgan fingerprint density at radius 3 is 2.90 bits per heavy atom. The fourth-order valence-electron chi connectivity index (χ4n) is 2.43. The smallest absolute Gasteiger partial charge is 0.229 e. The summed E-state index contributed by atoms with van der Waals surface area (Å²) < 4.78 is 19.0. The first kappa shape index (κ1) is 13.5. The lowest BCUT2D eigenvalue weighted by molar-refractivity contribution is 0.318. The molecule has 6 heteroatoms. The standard InChI is InChI=1S/C14H15ClFN3O/c15-11-2-1-3-12(16)10(11)8-13-18-14(20-19-13)9-4-6-17-7-5-9/h1-3,9,17H,4-8H2. The van der Waals surface area contributed by atoms with Crippen molar-refractivity contribution in [1.82, 2.24) is 15.5 Å². The molecule has 1 aliphatic heterocycles. The number of halogens is 2. The lowest BCUT2D eigenvalue weighted by atomic mass is 9.98. The number of rotatable bonds is 3. The number of hydrogen-bond donors (Lipinski definition) is 1. The average molecular weight is 296 g/mol. The average Bonchev–Trinajstić information content (AvgIpc) is 2.93. The van der Waals surface area contributed by atoms with Gasteiger partial charge >= 0.3 is 0 Å². The Labute approximate surface area is 121 Å². The molecule has 1 N–H and O–H groups in total. The molecular formula is C14H15ClFN3O. The van der Waals surface area contributed by atoms with Crippen molar-refractivity contribution in [3.05, 3.63) is 46.3 Å². The van der Waals surface area contributed by atoms with Crippen LogP contribution in [0.15, 0.2) is 22.7 Å². The van der Waals surface area contributed by atoms with E-state index < -0.39 is 0 Å². The molecule has 106 valence electrons. The molecule has 0 saturated carbocycles. The van der Waals surface area contributed by atoms with E-state index in [2.05, 4.69) is 15.5 Å². The Balaban J connectivity index is 1.77. The van der Waals surface area contributed by atoms with Crippen LogP contribution in [0, 0.1) is 5.82 Å². The van der Waals surface area contributed by atoms with E-state index in [-0.39, 0.29) is 12.2 Å². The molecule has 1 fully saturated rings. The van der Waals surface area contributed by atoms with Crippen LogP contribution in [0.25, 0.3) is 0 Å². The van der Waals surface area contributed by atoms with E-state index in [1.54, 1.807) is 12.1 Å². The van der Waals surface area contributed by atoms with Crippen LogP contribution in [0.3, 0.4) is 0 Å². The maximum Gasteiger partial charge on any atom is 0.229 e. The van der Waals surface area contributed by atoms with Crippen LogP contribution in [0.1, 0.15) is 36.0 Å². The third-order valence-corrected chi connectivity index (χ3v) is 3.92. The van der Waals surface area contributed by atoms with Crippen LogP contribution in [0.4, 0.5) is 4.39 Å². The van der Waals surface area contributed by atoms with E-state index in [0.29, 0.717) is 28.2 Å². The number of benzene rings is 1. The molecule has 0 aliphatic carbocycles. The van der Waals surface area contributed by atoms with Gasteiger partial charge in [-0.05, 0) is 38.1 Å². The Hall–Kier alpha value is -1.46. The fraction of sp³-hybridized carbons (Fsp3) is 0.429. The molecule has 2 heterocycles. The minimum atomic E-state index is -0.342. The molecule has 0 unspecified atom stereocenters. The highest BCUT2D eigenvalue weighted by atomic mass is 35.5. The maximum atomic E-state index is 13.7.